The van der Waals surface area contributed by atoms with Crippen LogP contribution in [0.1, 0.15) is 20.7 Å². The topological polar surface area (TPSA) is 115 Å². The van der Waals surface area contributed by atoms with Crippen LogP contribution in [-0.2, 0) is 0 Å². The number of para-hydroxylation sites is 1. The fraction of sp³-hybridized carbons (Fsp3) is 0. The average Bonchev–Trinajstić information content (AvgIpc) is 2.39. The van der Waals surface area contributed by atoms with Crippen LogP contribution in [0.25, 0.3) is 0 Å². The predicted molar refractivity (Wildman–Crippen MR) is 70.3 cm³/mol. The van der Waals surface area contributed by atoms with Crippen LogP contribution in [0.4, 0.5) is 0 Å². The van der Waals surface area contributed by atoms with E-state index in [-0.39, 0.29) is 17.1 Å². The van der Waals surface area contributed by atoms with Gasteiger partial charge >= 0.3 is 0 Å². The summed E-state index contributed by atoms with van der Waals surface area (Å²) in [4.78, 5) is 20.2. The monoisotopic (exact) mass is 276 g/mol. The van der Waals surface area contributed by atoms with Crippen molar-refractivity contribution < 1.29 is 30.0 Å². The fourth-order valence-electron chi connectivity index (χ4n) is 1.32. The number of rotatable bonds is 2. The summed E-state index contributed by atoms with van der Waals surface area (Å²) in [6.45, 7) is 0. The van der Waals surface area contributed by atoms with Crippen LogP contribution in [0, 0.1) is 0 Å². The lowest BCUT2D eigenvalue weighted by atomic mass is 10.2. The van der Waals surface area contributed by atoms with Crippen LogP contribution in [0.5, 0.6) is 23.0 Å². The number of hydrogen-bond donors (Lipinski definition) is 4. The molecule has 0 heterocycles. The Kier molecular flexibility index (Phi) is 5.11. The molecule has 0 aromatic heterocycles. The Hall–Kier alpha value is -3.02. The van der Waals surface area contributed by atoms with Gasteiger partial charge in [0.05, 0.1) is 11.1 Å². The first-order valence-corrected chi connectivity index (χ1v) is 5.43. The van der Waals surface area contributed by atoms with Gasteiger partial charge in [0.25, 0.3) is 0 Å². The summed E-state index contributed by atoms with van der Waals surface area (Å²) in [5.74, 6) is -1.12. The first kappa shape index (κ1) is 15.0. The van der Waals surface area contributed by atoms with E-state index in [0.29, 0.717) is 18.1 Å². The lowest BCUT2D eigenvalue weighted by Gasteiger charge is -2.00. The maximum absolute atomic E-state index is 10.2. The van der Waals surface area contributed by atoms with Gasteiger partial charge in [-0.3, -0.25) is 9.59 Å². The van der Waals surface area contributed by atoms with Gasteiger partial charge in [0.2, 0.25) is 0 Å². The van der Waals surface area contributed by atoms with Crippen LogP contribution in [0.2, 0.25) is 0 Å². The number of aldehydes is 2. The standard InChI is InChI=1S/C7H6O4.C7H6O2/c8-3-5-6(10)1-4(9)2-7(5)11;8-5-6-3-1-2-4-7(6)9/h1-3,9-11H;1-5,9H. The van der Waals surface area contributed by atoms with Crippen LogP contribution < -0.4 is 0 Å². The van der Waals surface area contributed by atoms with E-state index < -0.39 is 11.5 Å². The molecule has 0 aliphatic rings. The Bertz CT molecular complexity index is 598. The second-order valence-electron chi connectivity index (χ2n) is 3.69. The van der Waals surface area contributed by atoms with Gasteiger partial charge in [-0.1, -0.05) is 12.1 Å². The SMILES string of the molecule is O=Cc1c(O)cc(O)cc1O.O=Cc1ccccc1O. The highest BCUT2D eigenvalue weighted by molar-refractivity contribution is 5.83. The molecule has 2 aromatic carbocycles. The van der Waals surface area contributed by atoms with Crippen LogP contribution >= 0.6 is 0 Å². The lowest BCUT2D eigenvalue weighted by Crippen LogP contribution is -1.81. The second kappa shape index (κ2) is 6.79. The molecule has 6 nitrogen and oxygen atoms in total. The van der Waals surface area contributed by atoms with Gasteiger partial charge in [-0.2, -0.15) is 0 Å². The maximum atomic E-state index is 10.2. The smallest absolute Gasteiger partial charge is 0.157 e. The van der Waals surface area contributed by atoms with E-state index in [2.05, 4.69) is 0 Å². The number of carbonyl (C=O) groups is 2. The van der Waals surface area contributed by atoms with Crippen molar-refractivity contribution in [3.8, 4) is 23.0 Å². The fourth-order valence-corrected chi connectivity index (χ4v) is 1.32. The molecule has 0 spiro atoms. The molecule has 6 heteroatoms. The molecule has 0 amide bonds. The Morgan fingerprint density at radius 3 is 1.70 bits per heavy atom. The van der Waals surface area contributed by atoms with Crippen molar-refractivity contribution in [1.82, 2.24) is 0 Å². The molecular formula is C14H12O6. The summed E-state index contributed by atoms with van der Waals surface area (Å²) in [6, 6.07) is 8.35. The van der Waals surface area contributed by atoms with Gasteiger partial charge in [-0.25, -0.2) is 0 Å². The number of phenols is 4. The Balaban J connectivity index is 0.000000204. The quantitative estimate of drug-likeness (QED) is 0.622. The van der Waals surface area contributed by atoms with Gasteiger partial charge in [-0.05, 0) is 12.1 Å². The molecular weight excluding hydrogens is 264 g/mol. The molecule has 0 aliphatic carbocycles. The normalized spacial score (nSPS) is 9.20. The molecule has 4 N–H and O–H groups in total. The zero-order chi connectivity index (χ0) is 15.1. The van der Waals surface area contributed by atoms with E-state index in [1.165, 1.54) is 6.07 Å². The number of carbonyl (C=O) groups excluding carboxylic acids is 2. The number of hydrogen-bond acceptors (Lipinski definition) is 6. The lowest BCUT2D eigenvalue weighted by molar-refractivity contribution is 0.111. The minimum atomic E-state index is -0.433. The van der Waals surface area contributed by atoms with Gasteiger partial charge in [-0.15, -0.1) is 0 Å². The summed E-state index contributed by atoms with van der Waals surface area (Å²) in [7, 11) is 0. The van der Waals surface area contributed by atoms with Crippen LogP contribution in [-0.4, -0.2) is 33.0 Å². The van der Waals surface area contributed by atoms with Gasteiger partial charge in [0.15, 0.2) is 12.6 Å². The van der Waals surface area contributed by atoms with Gasteiger partial charge in [0.1, 0.15) is 23.0 Å². The number of aromatic hydroxyl groups is 4. The number of phenolic OH excluding ortho intramolecular Hbond substituents is 4. The molecule has 0 aliphatic heterocycles. The minimum absolute atomic E-state index is 0.0347. The number of benzene rings is 2. The van der Waals surface area contributed by atoms with Crippen molar-refractivity contribution in [2.75, 3.05) is 0 Å². The zero-order valence-corrected chi connectivity index (χ0v) is 10.2. The first-order chi connectivity index (χ1) is 9.49. The summed E-state index contributed by atoms with van der Waals surface area (Å²) in [5.41, 5.74) is 0.111. The highest BCUT2D eigenvalue weighted by Crippen LogP contribution is 2.29. The van der Waals surface area contributed by atoms with E-state index in [1.54, 1.807) is 18.2 Å². The Morgan fingerprint density at radius 2 is 1.30 bits per heavy atom. The molecule has 0 atom stereocenters. The molecule has 0 fully saturated rings. The molecule has 2 aromatic rings. The molecule has 0 bridgehead atoms. The molecule has 0 radical (unpaired) electrons. The second-order valence-corrected chi connectivity index (χ2v) is 3.69. The van der Waals surface area contributed by atoms with E-state index in [9.17, 15) is 9.59 Å². The summed E-state index contributed by atoms with van der Waals surface area (Å²) in [6.07, 6.45) is 0.930. The van der Waals surface area contributed by atoms with E-state index in [4.69, 9.17) is 20.4 Å². The molecule has 2 rings (SSSR count). The van der Waals surface area contributed by atoms with Crippen molar-refractivity contribution in [2.24, 2.45) is 0 Å². The summed E-state index contributed by atoms with van der Waals surface area (Å²) >= 11 is 0. The van der Waals surface area contributed by atoms with Gasteiger partial charge in [0, 0.05) is 12.1 Å². The third kappa shape index (κ3) is 3.74. The largest absolute Gasteiger partial charge is 0.508 e. The van der Waals surface area contributed by atoms with E-state index >= 15 is 0 Å². The molecule has 0 saturated heterocycles. The maximum Gasteiger partial charge on any atom is 0.157 e. The molecule has 104 valence electrons. The first-order valence-electron chi connectivity index (χ1n) is 5.43. The van der Waals surface area contributed by atoms with Crippen LogP contribution in [0.15, 0.2) is 36.4 Å². The van der Waals surface area contributed by atoms with Crippen molar-refractivity contribution in [2.45, 2.75) is 0 Å². The van der Waals surface area contributed by atoms with Crippen molar-refractivity contribution in [1.29, 1.82) is 0 Å². The average molecular weight is 276 g/mol. The van der Waals surface area contributed by atoms with Crippen molar-refractivity contribution in [3.05, 3.63) is 47.5 Å². The third-order valence-electron chi connectivity index (χ3n) is 2.30. The van der Waals surface area contributed by atoms with Crippen molar-refractivity contribution >= 4 is 12.6 Å². The Labute approximate surface area is 114 Å². The molecule has 0 unspecified atom stereocenters. The van der Waals surface area contributed by atoms with Gasteiger partial charge < -0.3 is 20.4 Å². The summed E-state index contributed by atoms with van der Waals surface area (Å²) < 4.78 is 0. The predicted octanol–water partition coefficient (Wildman–Crippen LogP) is 1.82. The molecule has 20 heavy (non-hydrogen) atoms. The van der Waals surface area contributed by atoms with Crippen molar-refractivity contribution in [3.63, 3.8) is 0 Å². The van der Waals surface area contributed by atoms with Crippen LogP contribution in [0.3, 0.4) is 0 Å². The summed E-state index contributed by atoms with van der Waals surface area (Å²) in [5, 5.41) is 35.5. The van der Waals surface area contributed by atoms with E-state index in [1.807, 2.05) is 0 Å². The third-order valence-corrected chi connectivity index (χ3v) is 2.30. The minimum Gasteiger partial charge on any atom is -0.508 e. The zero-order valence-electron chi connectivity index (χ0n) is 10.2. The Morgan fingerprint density at radius 1 is 0.750 bits per heavy atom. The highest BCUT2D eigenvalue weighted by atomic mass is 16.3. The van der Waals surface area contributed by atoms with E-state index in [0.717, 1.165) is 12.1 Å². The molecule has 0 saturated carbocycles. The highest BCUT2D eigenvalue weighted by Gasteiger charge is 2.07.